The number of amides is 2. The Labute approximate surface area is 153 Å². The SMILES string of the molecule is CC(C)(C)OC(=O)Nc1ccc(NC(=O)c2ccc(Br)c(F)c2)cc1. The third-order valence-corrected chi connectivity index (χ3v) is 3.61. The maximum absolute atomic E-state index is 13.5. The fraction of sp³-hybridized carbons (Fsp3) is 0.222. The smallest absolute Gasteiger partial charge is 0.412 e. The number of rotatable bonds is 3. The Morgan fingerprint density at radius 3 is 2.08 bits per heavy atom. The summed E-state index contributed by atoms with van der Waals surface area (Å²) in [5.41, 5.74) is 0.666. The van der Waals surface area contributed by atoms with Gasteiger partial charge >= 0.3 is 6.09 Å². The lowest BCUT2D eigenvalue weighted by Crippen LogP contribution is -2.27. The Hall–Kier alpha value is -2.41. The highest BCUT2D eigenvalue weighted by Crippen LogP contribution is 2.19. The Morgan fingerprint density at radius 1 is 1.00 bits per heavy atom. The third-order valence-electron chi connectivity index (χ3n) is 2.97. The van der Waals surface area contributed by atoms with E-state index in [2.05, 4.69) is 26.6 Å². The number of nitrogens with one attached hydrogen (secondary N) is 2. The fourth-order valence-corrected chi connectivity index (χ4v) is 2.15. The zero-order valence-electron chi connectivity index (χ0n) is 14.0. The third kappa shape index (κ3) is 5.86. The van der Waals surface area contributed by atoms with Gasteiger partial charge in [-0.2, -0.15) is 0 Å². The lowest BCUT2D eigenvalue weighted by Gasteiger charge is -2.19. The van der Waals surface area contributed by atoms with Gasteiger partial charge in [0, 0.05) is 16.9 Å². The number of hydrogen-bond acceptors (Lipinski definition) is 3. The molecule has 0 aromatic heterocycles. The van der Waals surface area contributed by atoms with Crippen molar-refractivity contribution in [1.29, 1.82) is 0 Å². The van der Waals surface area contributed by atoms with Crippen LogP contribution in [0.1, 0.15) is 31.1 Å². The van der Waals surface area contributed by atoms with Crippen LogP contribution in [0.3, 0.4) is 0 Å². The molecule has 0 aliphatic heterocycles. The van der Waals surface area contributed by atoms with Crippen LogP contribution in [0.2, 0.25) is 0 Å². The monoisotopic (exact) mass is 408 g/mol. The number of anilines is 2. The Kier molecular flexibility index (Phi) is 5.79. The average molecular weight is 409 g/mol. The summed E-state index contributed by atoms with van der Waals surface area (Å²) in [7, 11) is 0. The van der Waals surface area contributed by atoms with Crippen molar-refractivity contribution in [2.45, 2.75) is 26.4 Å². The zero-order valence-corrected chi connectivity index (χ0v) is 15.6. The number of hydrogen-bond donors (Lipinski definition) is 2. The van der Waals surface area contributed by atoms with Crippen LogP contribution in [-0.2, 0) is 4.74 Å². The standard InChI is InChI=1S/C18H18BrFN2O3/c1-18(2,3)25-17(24)22-13-7-5-12(6-8-13)21-16(23)11-4-9-14(19)15(20)10-11/h4-10H,1-3H3,(H,21,23)(H,22,24). The van der Waals surface area contributed by atoms with Crippen LogP contribution in [0.15, 0.2) is 46.9 Å². The number of halogens is 2. The topological polar surface area (TPSA) is 67.4 Å². The van der Waals surface area contributed by atoms with Gasteiger partial charge in [0.25, 0.3) is 5.91 Å². The maximum atomic E-state index is 13.5. The van der Waals surface area contributed by atoms with Crippen LogP contribution in [0.25, 0.3) is 0 Å². The molecule has 0 heterocycles. The summed E-state index contributed by atoms with van der Waals surface area (Å²) in [5, 5.41) is 5.25. The molecule has 0 bridgehead atoms. The molecule has 2 aromatic rings. The second kappa shape index (κ2) is 7.65. The Balaban J connectivity index is 1.99. The highest BCUT2D eigenvalue weighted by atomic mass is 79.9. The predicted molar refractivity (Wildman–Crippen MR) is 98.4 cm³/mol. The van der Waals surface area contributed by atoms with E-state index in [4.69, 9.17) is 4.74 Å². The summed E-state index contributed by atoms with van der Waals surface area (Å²) in [6, 6.07) is 10.6. The molecule has 0 radical (unpaired) electrons. The number of benzene rings is 2. The van der Waals surface area contributed by atoms with E-state index in [1.807, 2.05) is 0 Å². The quantitative estimate of drug-likeness (QED) is 0.734. The van der Waals surface area contributed by atoms with E-state index in [-0.39, 0.29) is 5.56 Å². The number of ether oxygens (including phenoxy) is 1. The van der Waals surface area contributed by atoms with Crippen molar-refractivity contribution < 1.29 is 18.7 Å². The van der Waals surface area contributed by atoms with Crippen LogP contribution in [0.5, 0.6) is 0 Å². The largest absolute Gasteiger partial charge is 0.444 e. The first-order valence-corrected chi connectivity index (χ1v) is 8.30. The van der Waals surface area contributed by atoms with Crippen LogP contribution < -0.4 is 10.6 Å². The molecule has 132 valence electrons. The molecule has 2 N–H and O–H groups in total. The van der Waals surface area contributed by atoms with E-state index < -0.39 is 23.4 Å². The van der Waals surface area contributed by atoms with Crippen LogP contribution in [0, 0.1) is 5.82 Å². The molecule has 0 saturated carbocycles. The highest BCUT2D eigenvalue weighted by molar-refractivity contribution is 9.10. The lowest BCUT2D eigenvalue weighted by molar-refractivity contribution is 0.0635. The van der Waals surface area contributed by atoms with Gasteiger partial charge in [0.05, 0.1) is 4.47 Å². The molecule has 0 saturated heterocycles. The molecule has 0 atom stereocenters. The van der Waals surface area contributed by atoms with Crippen molar-refractivity contribution in [2.24, 2.45) is 0 Å². The summed E-state index contributed by atoms with van der Waals surface area (Å²) >= 11 is 3.04. The van der Waals surface area contributed by atoms with Crippen LogP contribution in [0.4, 0.5) is 20.6 Å². The van der Waals surface area contributed by atoms with E-state index in [9.17, 15) is 14.0 Å². The van der Waals surface area contributed by atoms with Gasteiger partial charge in [-0.05, 0) is 79.2 Å². The van der Waals surface area contributed by atoms with Crippen molar-refractivity contribution in [1.82, 2.24) is 0 Å². The molecule has 2 aromatic carbocycles. The van der Waals surface area contributed by atoms with Crippen molar-refractivity contribution >= 4 is 39.3 Å². The predicted octanol–water partition coefficient (Wildman–Crippen LogP) is 5.19. The summed E-state index contributed by atoms with van der Waals surface area (Å²) in [6.45, 7) is 5.32. The molecular weight excluding hydrogens is 391 g/mol. The molecule has 0 spiro atoms. The first-order chi connectivity index (χ1) is 11.6. The molecule has 7 heteroatoms. The normalized spacial score (nSPS) is 10.9. The average Bonchev–Trinajstić information content (AvgIpc) is 2.50. The highest BCUT2D eigenvalue weighted by Gasteiger charge is 2.16. The number of carbonyl (C=O) groups excluding carboxylic acids is 2. The summed E-state index contributed by atoms with van der Waals surface area (Å²) in [6.07, 6.45) is -0.561. The minimum atomic E-state index is -0.585. The molecule has 2 rings (SSSR count). The van der Waals surface area contributed by atoms with Gasteiger partial charge in [-0.1, -0.05) is 0 Å². The van der Waals surface area contributed by atoms with E-state index in [0.717, 1.165) is 6.07 Å². The first-order valence-electron chi connectivity index (χ1n) is 7.50. The molecular formula is C18H18BrFN2O3. The molecule has 0 unspecified atom stereocenters. The van der Waals surface area contributed by atoms with Gasteiger partial charge in [0.15, 0.2) is 0 Å². The van der Waals surface area contributed by atoms with Crippen molar-refractivity contribution in [2.75, 3.05) is 10.6 Å². The van der Waals surface area contributed by atoms with Gasteiger partial charge in [-0.3, -0.25) is 10.1 Å². The molecule has 0 aliphatic rings. The summed E-state index contributed by atoms with van der Waals surface area (Å²) < 4.78 is 18.9. The van der Waals surface area contributed by atoms with Gasteiger partial charge < -0.3 is 10.1 Å². The van der Waals surface area contributed by atoms with E-state index >= 15 is 0 Å². The summed E-state index contributed by atoms with van der Waals surface area (Å²) in [4.78, 5) is 23.8. The zero-order chi connectivity index (χ0) is 18.6. The minimum Gasteiger partial charge on any atom is -0.444 e. The van der Waals surface area contributed by atoms with Crippen LogP contribution >= 0.6 is 15.9 Å². The maximum Gasteiger partial charge on any atom is 0.412 e. The molecule has 0 fully saturated rings. The Morgan fingerprint density at radius 2 is 1.56 bits per heavy atom. The van der Waals surface area contributed by atoms with E-state index in [1.54, 1.807) is 45.0 Å². The molecule has 2 amide bonds. The fourth-order valence-electron chi connectivity index (χ4n) is 1.90. The molecule has 5 nitrogen and oxygen atoms in total. The number of carbonyl (C=O) groups is 2. The molecule has 0 aliphatic carbocycles. The van der Waals surface area contributed by atoms with Gasteiger partial charge in [0.1, 0.15) is 11.4 Å². The van der Waals surface area contributed by atoms with Crippen LogP contribution in [-0.4, -0.2) is 17.6 Å². The molecule has 25 heavy (non-hydrogen) atoms. The van der Waals surface area contributed by atoms with Gasteiger partial charge in [-0.15, -0.1) is 0 Å². The van der Waals surface area contributed by atoms with E-state index in [1.165, 1.54) is 12.1 Å². The van der Waals surface area contributed by atoms with Crippen molar-refractivity contribution in [3.05, 3.63) is 58.3 Å². The lowest BCUT2D eigenvalue weighted by atomic mass is 10.2. The second-order valence-corrected chi connectivity index (χ2v) is 7.14. The Bertz CT molecular complexity index is 786. The van der Waals surface area contributed by atoms with Crippen molar-refractivity contribution in [3.8, 4) is 0 Å². The van der Waals surface area contributed by atoms with E-state index in [0.29, 0.717) is 15.8 Å². The second-order valence-electron chi connectivity index (χ2n) is 6.29. The van der Waals surface area contributed by atoms with Crippen molar-refractivity contribution in [3.63, 3.8) is 0 Å². The summed E-state index contributed by atoms with van der Waals surface area (Å²) in [5.74, 6) is -0.941. The van der Waals surface area contributed by atoms with Gasteiger partial charge in [0.2, 0.25) is 0 Å². The minimum absolute atomic E-state index is 0.205. The van der Waals surface area contributed by atoms with Gasteiger partial charge in [-0.25, -0.2) is 9.18 Å². The first kappa shape index (κ1) is 18.9.